The summed E-state index contributed by atoms with van der Waals surface area (Å²) < 4.78 is 13.7. The normalized spacial score (nSPS) is 11.7. The van der Waals surface area contributed by atoms with Gasteiger partial charge in [-0.05, 0) is 42.3 Å². The first-order valence-corrected chi connectivity index (χ1v) is 6.21. The van der Waals surface area contributed by atoms with Gasteiger partial charge in [0.1, 0.15) is 5.82 Å². The zero-order chi connectivity index (χ0) is 13.1. The molecule has 2 aromatic carbocycles. The summed E-state index contributed by atoms with van der Waals surface area (Å²) >= 11 is 11.5. The summed E-state index contributed by atoms with van der Waals surface area (Å²) in [4.78, 5) is 0. The predicted molar refractivity (Wildman–Crippen MR) is 76.4 cm³/mol. The third-order valence-corrected chi connectivity index (χ3v) is 3.10. The molecular formula is C15H11Cl2F. The lowest BCUT2D eigenvalue weighted by Gasteiger charge is -2.04. The van der Waals surface area contributed by atoms with E-state index in [1.807, 2.05) is 25.1 Å². The Morgan fingerprint density at radius 1 is 1.00 bits per heavy atom. The van der Waals surface area contributed by atoms with Gasteiger partial charge in [-0.1, -0.05) is 47.5 Å². The SMILES string of the molecule is CC(=Cc1ccc(Cl)cc1)c1ccc(Cl)cc1F. The molecule has 0 radical (unpaired) electrons. The summed E-state index contributed by atoms with van der Waals surface area (Å²) in [5, 5.41) is 1.08. The molecule has 0 aliphatic carbocycles. The Hall–Kier alpha value is -1.31. The molecule has 0 nitrogen and oxygen atoms in total. The first-order valence-electron chi connectivity index (χ1n) is 5.45. The molecule has 0 bridgehead atoms. The standard InChI is InChI=1S/C15H11Cl2F/c1-10(8-11-2-4-12(16)5-3-11)14-7-6-13(17)9-15(14)18/h2-9H,1H3. The van der Waals surface area contributed by atoms with Crippen LogP contribution in [0.5, 0.6) is 0 Å². The van der Waals surface area contributed by atoms with Crippen LogP contribution in [-0.4, -0.2) is 0 Å². The van der Waals surface area contributed by atoms with Crippen molar-refractivity contribution in [3.05, 3.63) is 69.5 Å². The third kappa shape index (κ3) is 3.12. The van der Waals surface area contributed by atoms with Crippen molar-refractivity contribution in [2.45, 2.75) is 6.92 Å². The highest BCUT2D eigenvalue weighted by Crippen LogP contribution is 2.23. The Morgan fingerprint density at radius 2 is 1.61 bits per heavy atom. The quantitative estimate of drug-likeness (QED) is 0.620. The predicted octanol–water partition coefficient (Wildman–Crippen LogP) is 5.69. The van der Waals surface area contributed by atoms with E-state index in [-0.39, 0.29) is 5.82 Å². The van der Waals surface area contributed by atoms with Crippen molar-refractivity contribution >= 4 is 34.9 Å². The van der Waals surface area contributed by atoms with Gasteiger partial charge >= 0.3 is 0 Å². The molecule has 2 rings (SSSR count). The van der Waals surface area contributed by atoms with E-state index in [4.69, 9.17) is 23.2 Å². The fraction of sp³-hybridized carbons (Fsp3) is 0.0667. The van der Waals surface area contributed by atoms with E-state index in [0.29, 0.717) is 15.6 Å². The van der Waals surface area contributed by atoms with E-state index in [1.54, 1.807) is 24.3 Å². The Morgan fingerprint density at radius 3 is 2.22 bits per heavy atom. The number of allylic oxidation sites excluding steroid dienone is 1. The molecule has 0 aromatic heterocycles. The second-order valence-electron chi connectivity index (χ2n) is 4.00. The summed E-state index contributed by atoms with van der Waals surface area (Å²) in [7, 11) is 0. The van der Waals surface area contributed by atoms with E-state index >= 15 is 0 Å². The molecular weight excluding hydrogens is 270 g/mol. The Balaban J connectivity index is 2.35. The van der Waals surface area contributed by atoms with Crippen LogP contribution in [0.15, 0.2) is 42.5 Å². The van der Waals surface area contributed by atoms with E-state index in [1.165, 1.54) is 6.07 Å². The fourth-order valence-electron chi connectivity index (χ4n) is 1.70. The lowest BCUT2D eigenvalue weighted by Crippen LogP contribution is -1.86. The minimum atomic E-state index is -0.315. The third-order valence-electron chi connectivity index (χ3n) is 2.61. The smallest absolute Gasteiger partial charge is 0.132 e. The average molecular weight is 281 g/mol. The monoisotopic (exact) mass is 280 g/mol. The minimum Gasteiger partial charge on any atom is -0.206 e. The van der Waals surface area contributed by atoms with Crippen LogP contribution in [0.25, 0.3) is 11.6 Å². The van der Waals surface area contributed by atoms with Gasteiger partial charge in [-0.3, -0.25) is 0 Å². The van der Waals surface area contributed by atoms with Gasteiger partial charge in [-0.25, -0.2) is 4.39 Å². The molecule has 0 aliphatic heterocycles. The highest BCUT2D eigenvalue weighted by atomic mass is 35.5. The first-order chi connectivity index (χ1) is 8.56. The highest BCUT2D eigenvalue weighted by molar-refractivity contribution is 6.30. The molecule has 0 unspecified atom stereocenters. The van der Waals surface area contributed by atoms with Gasteiger partial charge in [0.25, 0.3) is 0 Å². The number of halogens is 3. The van der Waals surface area contributed by atoms with Crippen LogP contribution in [0.3, 0.4) is 0 Å². The van der Waals surface area contributed by atoms with E-state index < -0.39 is 0 Å². The molecule has 0 atom stereocenters. The molecule has 0 heterocycles. The van der Waals surface area contributed by atoms with Crippen LogP contribution < -0.4 is 0 Å². The lowest BCUT2D eigenvalue weighted by molar-refractivity contribution is 0.624. The Labute approximate surface area is 116 Å². The number of hydrogen-bond acceptors (Lipinski definition) is 0. The van der Waals surface area contributed by atoms with Crippen LogP contribution in [0.2, 0.25) is 10.0 Å². The molecule has 92 valence electrons. The van der Waals surface area contributed by atoms with E-state index in [9.17, 15) is 4.39 Å². The molecule has 0 aliphatic rings. The molecule has 0 spiro atoms. The van der Waals surface area contributed by atoms with Gasteiger partial charge in [0.15, 0.2) is 0 Å². The molecule has 0 fully saturated rings. The summed E-state index contributed by atoms with van der Waals surface area (Å²) in [6.07, 6.45) is 1.91. The maximum Gasteiger partial charge on any atom is 0.132 e. The van der Waals surface area contributed by atoms with Crippen LogP contribution >= 0.6 is 23.2 Å². The highest BCUT2D eigenvalue weighted by Gasteiger charge is 2.04. The first kappa shape index (κ1) is 13.1. The summed E-state index contributed by atoms with van der Waals surface area (Å²) in [6.45, 7) is 1.86. The molecule has 3 heteroatoms. The second kappa shape index (κ2) is 5.55. The van der Waals surface area contributed by atoms with Gasteiger partial charge in [0.05, 0.1) is 0 Å². The molecule has 2 aromatic rings. The number of rotatable bonds is 2. The largest absolute Gasteiger partial charge is 0.206 e. The Kier molecular flexibility index (Phi) is 4.05. The van der Waals surface area contributed by atoms with Gasteiger partial charge in [-0.2, -0.15) is 0 Å². The minimum absolute atomic E-state index is 0.315. The van der Waals surface area contributed by atoms with Gasteiger partial charge in [0, 0.05) is 15.6 Å². The van der Waals surface area contributed by atoms with E-state index in [2.05, 4.69) is 0 Å². The second-order valence-corrected chi connectivity index (χ2v) is 4.88. The molecule has 0 N–H and O–H groups in total. The van der Waals surface area contributed by atoms with Crippen LogP contribution in [0, 0.1) is 5.82 Å². The van der Waals surface area contributed by atoms with Crippen molar-refractivity contribution in [1.82, 2.24) is 0 Å². The van der Waals surface area contributed by atoms with Gasteiger partial charge in [-0.15, -0.1) is 0 Å². The van der Waals surface area contributed by atoms with Gasteiger partial charge in [0.2, 0.25) is 0 Å². The molecule has 0 saturated carbocycles. The fourth-order valence-corrected chi connectivity index (χ4v) is 1.98. The summed E-state index contributed by atoms with van der Waals surface area (Å²) in [5.74, 6) is -0.315. The Bertz CT molecular complexity index is 586. The number of benzene rings is 2. The maximum absolute atomic E-state index is 13.7. The van der Waals surface area contributed by atoms with Crippen molar-refractivity contribution < 1.29 is 4.39 Å². The van der Waals surface area contributed by atoms with E-state index in [0.717, 1.165) is 11.1 Å². The number of hydrogen-bond donors (Lipinski definition) is 0. The van der Waals surface area contributed by atoms with Crippen molar-refractivity contribution in [2.24, 2.45) is 0 Å². The summed E-state index contributed by atoms with van der Waals surface area (Å²) in [6, 6.07) is 12.1. The molecule has 0 saturated heterocycles. The molecule has 0 amide bonds. The van der Waals surface area contributed by atoms with Crippen molar-refractivity contribution in [3.63, 3.8) is 0 Å². The van der Waals surface area contributed by atoms with Crippen molar-refractivity contribution in [3.8, 4) is 0 Å². The molecule has 18 heavy (non-hydrogen) atoms. The van der Waals surface area contributed by atoms with Crippen LogP contribution in [0.4, 0.5) is 4.39 Å². The zero-order valence-electron chi connectivity index (χ0n) is 9.75. The van der Waals surface area contributed by atoms with Crippen molar-refractivity contribution in [1.29, 1.82) is 0 Å². The van der Waals surface area contributed by atoms with Crippen molar-refractivity contribution in [2.75, 3.05) is 0 Å². The maximum atomic E-state index is 13.7. The van der Waals surface area contributed by atoms with Gasteiger partial charge < -0.3 is 0 Å². The zero-order valence-corrected chi connectivity index (χ0v) is 11.3. The van der Waals surface area contributed by atoms with Crippen LogP contribution in [-0.2, 0) is 0 Å². The average Bonchev–Trinajstić information content (AvgIpc) is 2.32. The van der Waals surface area contributed by atoms with Crippen LogP contribution in [0.1, 0.15) is 18.1 Å². The summed E-state index contributed by atoms with van der Waals surface area (Å²) in [5.41, 5.74) is 2.37. The lowest BCUT2D eigenvalue weighted by atomic mass is 10.0. The topological polar surface area (TPSA) is 0 Å².